The Kier molecular flexibility index (Phi) is 5.08. The van der Waals surface area contributed by atoms with Crippen LogP contribution >= 0.6 is 15.9 Å². The number of rotatable bonds is 4. The molecule has 0 aromatic heterocycles. The zero-order chi connectivity index (χ0) is 13.8. The van der Waals surface area contributed by atoms with E-state index in [1.165, 1.54) is 12.1 Å². The summed E-state index contributed by atoms with van der Waals surface area (Å²) in [5.41, 5.74) is 0.359. The third-order valence-corrected chi connectivity index (χ3v) is 3.23. The summed E-state index contributed by atoms with van der Waals surface area (Å²) in [4.78, 5) is 11.3. The summed E-state index contributed by atoms with van der Waals surface area (Å²) in [6.07, 6.45) is 3.09. The molecular formula is C14H16BrFO2. The van der Waals surface area contributed by atoms with Gasteiger partial charge in [0, 0.05) is 11.5 Å². The molecular weight excluding hydrogens is 299 g/mol. The molecule has 0 atom stereocenters. The molecule has 0 saturated carbocycles. The molecule has 4 heteroatoms. The van der Waals surface area contributed by atoms with Gasteiger partial charge in [0.15, 0.2) is 0 Å². The molecule has 18 heavy (non-hydrogen) atoms. The summed E-state index contributed by atoms with van der Waals surface area (Å²) in [7, 11) is 0. The van der Waals surface area contributed by atoms with Gasteiger partial charge in [0.2, 0.25) is 0 Å². The van der Waals surface area contributed by atoms with Gasteiger partial charge in [0.1, 0.15) is 5.82 Å². The molecule has 0 aliphatic carbocycles. The van der Waals surface area contributed by atoms with Crippen LogP contribution in [-0.2, 0) is 14.9 Å². The normalized spacial score (nSPS) is 11.8. The Morgan fingerprint density at radius 3 is 2.72 bits per heavy atom. The van der Waals surface area contributed by atoms with E-state index < -0.39 is 5.41 Å². The molecule has 0 heterocycles. The number of hydrogen-bond donors (Lipinski definition) is 0. The maximum atomic E-state index is 13.5. The smallest absolute Gasteiger partial charge is 0.330 e. The maximum Gasteiger partial charge on any atom is 0.330 e. The predicted molar refractivity (Wildman–Crippen MR) is 72.9 cm³/mol. The van der Waals surface area contributed by atoms with E-state index in [0.29, 0.717) is 11.1 Å². The summed E-state index contributed by atoms with van der Waals surface area (Å²) < 4.78 is 18.7. The lowest BCUT2D eigenvalue weighted by Crippen LogP contribution is -2.15. The van der Waals surface area contributed by atoms with E-state index in [-0.39, 0.29) is 11.8 Å². The van der Waals surface area contributed by atoms with Crippen molar-refractivity contribution in [2.24, 2.45) is 0 Å². The number of ether oxygens (including phenoxy) is 1. The summed E-state index contributed by atoms with van der Waals surface area (Å²) in [6, 6.07) is 4.94. The number of carbonyl (C=O) groups is 1. The van der Waals surface area contributed by atoms with Crippen molar-refractivity contribution in [3.8, 4) is 0 Å². The van der Waals surface area contributed by atoms with Crippen molar-refractivity contribution in [1.29, 1.82) is 0 Å². The molecule has 0 bridgehead atoms. The highest BCUT2D eigenvalue weighted by Crippen LogP contribution is 2.27. The van der Waals surface area contributed by atoms with E-state index in [1.807, 2.05) is 19.9 Å². The van der Waals surface area contributed by atoms with Crippen LogP contribution < -0.4 is 0 Å². The van der Waals surface area contributed by atoms with Crippen LogP contribution in [0, 0.1) is 5.82 Å². The van der Waals surface area contributed by atoms with Crippen LogP contribution in [0.25, 0.3) is 0 Å². The highest BCUT2D eigenvalue weighted by molar-refractivity contribution is 9.10. The second kappa shape index (κ2) is 6.14. The van der Waals surface area contributed by atoms with Crippen molar-refractivity contribution >= 4 is 21.9 Å². The fraction of sp³-hybridized carbons (Fsp3) is 0.357. The fourth-order valence-electron chi connectivity index (χ4n) is 1.46. The summed E-state index contributed by atoms with van der Waals surface area (Å²) in [6.45, 7) is 5.91. The zero-order valence-electron chi connectivity index (χ0n) is 10.7. The average molecular weight is 315 g/mol. The van der Waals surface area contributed by atoms with Gasteiger partial charge in [-0.1, -0.05) is 26.0 Å². The van der Waals surface area contributed by atoms with Gasteiger partial charge in [-0.25, -0.2) is 9.18 Å². The van der Waals surface area contributed by atoms with Crippen LogP contribution in [0.1, 0.15) is 26.3 Å². The fourth-order valence-corrected chi connectivity index (χ4v) is 1.71. The maximum absolute atomic E-state index is 13.5. The molecule has 0 saturated heterocycles. The number of esters is 1. The quantitative estimate of drug-likeness (QED) is 0.620. The monoisotopic (exact) mass is 314 g/mol. The first kappa shape index (κ1) is 14.9. The van der Waals surface area contributed by atoms with E-state index in [1.54, 1.807) is 19.1 Å². The van der Waals surface area contributed by atoms with Gasteiger partial charge < -0.3 is 4.74 Å². The second-order valence-corrected chi connectivity index (χ2v) is 5.29. The predicted octanol–water partition coefficient (Wildman–Crippen LogP) is 3.99. The van der Waals surface area contributed by atoms with Gasteiger partial charge in [-0.3, -0.25) is 0 Å². The van der Waals surface area contributed by atoms with Crippen molar-refractivity contribution < 1.29 is 13.9 Å². The molecule has 0 unspecified atom stereocenters. The van der Waals surface area contributed by atoms with Gasteiger partial charge in [-0.05, 0) is 40.5 Å². The van der Waals surface area contributed by atoms with Gasteiger partial charge >= 0.3 is 5.97 Å². The standard InChI is InChI=1S/C14H16BrFO2/c1-4-18-13(17)7-8-14(2,3)10-5-6-11(15)12(16)9-10/h5-9H,4H2,1-3H3/b8-7+. The largest absolute Gasteiger partial charge is 0.463 e. The van der Waals surface area contributed by atoms with Crippen molar-refractivity contribution in [2.75, 3.05) is 6.61 Å². The van der Waals surface area contributed by atoms with Crippen LogP contribution in [-0.4, -0.2) is 12.6 Å². The molecule has 1 aromatic rings. The van der Waals surface area contributed by atoms with Gasteiger partial charge in [0.25, 0.3) is 0 Å². The lowest BCUT2D eigenvalue weighted by Gasteiger charge is -2.21. The number of hydrogen-bond acceptors (Lipinski definition) is 2. The Morgan fingerprint density at radius 1 is 1.50 bits per heavy atom. The zero-order valence-corrected chi connectivity index (χ0v) is 12.3. The first-order valence-electron chi connectivity index (χ1n) is 5.68. The summed E-state index contributed by atoms with van der Waals surface area (Å²) >= 11 is 3.11. The van der Waals surface area contributed by atoms with Crippen molar-refractivity contribution in [2.45, 2.75) is 26.2 Å². The third kappa shape index (κ3) is 3.95. The summed E-state index contributed by atoms with van der Waals surface area (Å²) in [5.74, 6) is -0.701. The molecule has 0 amide bonds. The van der Waals surface area contributed by atoms with E-state index >= 15 is 0 Å². The van der Waals surface area contributed by atoms with Gasteiger partial charge in [-0.2, -0.15) is 0 Å². The number of halogens is 2. The third-order valence-electron chi connectivity index (χ3n) is 2.59. The SMILES string of the molecule is CCOC(=O)/C=C/C(C)(C)c1ccc(Br)c(F)c1. The van der Waals surface area contributed by atoms with Crippen LogP contribution in [0.15, 0.2) is 34.8 Å². The van der Waals surface area contributed by atoms with E-state index in [0.717, 1.165) is 5.56 Å². The van der Waals surface area contributed by atoms with Gasteiger partial charge in [-0.15, -0.1) is 0 Å². The average Bonchev–Trinajstić information content (AvgIpc) is 2.30. The minimum absolute atomic E-state index is 0.315. The molecule has 0 aliphatic heterocycles. The first-order valence-corrected chi connectivity index (χ1v) is 6.47. The number of carbonyl (C=O) groups excluding carboxylic acids is 1. The number of benzene rings is 1. The Morgan fingerprint density at radius 2 is 2.17 bits per heavy atom. The highest BCUT2D eigenvalue weighted by atomic mass is 79.9. The van der Waals surface area contributed by atoms with Crippen LogP contribution in [0.5, 0.6) is 0 Å². The van der Waals surface area contributed by atoms with Crippen LogP contribution in [0.2, 0.25) is 0 Å². The molecule has 0 radical (unpaired) electrons. The van der Waals surface area contributed by atoms with E-state index in [2.05, 4.69) is 15.9 Å². The minimum Gasteiger partial charge on any atom is -0.463 e. The molecule has 0 aliphatic rings. The lowest BCUT2D eigenvalue weighted by atomic mass is 9.84. The van der Waals surface area contributed by atoms with E-state index in [4.69, 9.17) is 4.74 Å². The second-order valence-electron chi connectivity index (χ2n) is 4.44. The van der Waals surface area contributed by atoms with Crippen molar-refractivity contribution in [1.82, 2.24) is 0 Å². The molecule has 2 nitrogen and oxygen atoms in total. The first-order chi connectivity index (χ1) is 8.36. The van der Waals surface area contributed by atoms with Gasteiger partial charge in [0.05, 0.1) is 11.1 Å². The summed E-state index contributed by atoms with van der Waals surface area (Å²) in [5, 5.41) is 0. The Balaban J connectivity index is 2.91. The van der Waals surface area contributed by atoms with Crippen molar-refractivity contribution in [3.05, 3.63) is 46.2 Å². The Hall–Kier alpha value is -1.16. The van der Waals surface area contributed by atoms with E-state index in [9.17, 15) is 9.18 Å². The molecule has 1 rings (SSSR count). The lowest BCUT2D eigenvalue weighted by molar-refractivity contribution is -0.137. The topological polar surface area (TPSA) is 26.3 Å². The molecule has 1 aromatic carbocycles. The molecule has 98 valence electrons. The molecule has 0 spiro atoms. The van der Waals surface area contributed by atoms with Crippen molar-refractivity contribution in [3.63, 3.8) is 0 Å². The molecule has 0 N–H and O–H groups in total. The van der Waals surface area contributed by atoms with Crippen LogP contribution in [0.3, 0.4) is 0 Å². The Labute approximate surface area is 115 Å². The number of allylic oxidation sites excluding steroid dienone is 1. The highest BCUT2D eigenvalue weighted by Gasteiger charge is 2.18. The molecule has 0 fully saturated rings. The Bertz CT molecular complexity index is 467. The minimum atomic E-state index is -0.436. The van der Waals surface area contributed by atoms with Crippen LogP contribution in [0.4, 0.5) is 4.39 Å².